The summed E-state index contributed by atoms with van der Waals surface area (Å²) in [4.78, 5) is 2.23. The van der Waals surface area contributed by atoms with Crippen LogP contribution in [0, 0.1) is 0 Å². The summed E-state index contributed by atoms with van der Waals surface area (Å²) in [5.41, 5.74) is 5.81. The van der Waals surface area contributed by atoms with Gasteiger partial charge in [0, 0.05) is 12.1 Å². The summed E-state index contributed by atoms with van der Waals surface area (Å²) in [6.07, 6.45) is 2.37. The molecule has 0 bridgehead atoms. The normalized spacial score (nSPS) is 39.8. The van der Waals surface area contributed by atoms with Crippen molar-refractivity contribution in [3.63, 3.8) is 0 Å². The second-order valence-corrected chi connectivity index (χ2v) is 6.20. The molecule has 0 aliphatic carbocycles. The largest absolute Gasteiger partial charge is 0.325 e. The second kappa shape index (κ2) is 3.22. The first-order valence-electron chi connectivity index (χ1n) is 4.78. The smallest absolute Gasteiger partial charge is 0.153 e. The number of rotatable bonds is 1. The van der Waals surface area contributed by atoms with E-state index in [1.165, 1.54) is 12.8 Å². The average molecular weight is 204 g/mol. The molecule has 2 saturated heterocycles. The van der Waals surface area contributed by atoms with Crippen LogP contribution in [-0.4, -0.2) is 50.0 Å². The molecular formula is C8H16N2O2S. The van der Waals surface area contributed by atoms with Crippen molar-refractivity contribution < 1.29 is 8.42 Å². The minimum Gasteiger partial charge on any atom is -0.325 e. The summed E-state index contributed by atoms with van der Waals surface area (Å²) >= 11 is 0. The van der Waals surface area contributed by atoms with Crippen LogP contribution in [0.25, 0.3) is 0 Å². The van der Waals surface area contributed by atoms with E-state index in [4.69, 9.17) is 5.73 Å². The van der Waals surface area contributed by atoms with Gasteiger partial charge in [-0.3, -0.25) is 4.90 Å². The van der Waals surface area contributed by atoms with E-state index >= 15 is 0 Å². The third kappa shape index (κ3) is 1.87. The van der Waals surface area contributed by atoms with E-state index in [0.717, 1.165) is 13.1 Å². The molecule has 4 nitrogen and oxygen atoms in total. The van der Waals surface area contributed by atoms with E-state index in [1.807, 2.05) is 0 Å². The molecule has 0 amide bonds. The summed E-state index contributed by atoms with van der Waals surface area (Å²) in [5, 5.41) is 0. The molecule has 2 heterocycles. The Morgan fingerprint density at radius 1 is 1.15 bits per heavy atom. The maximum Gasteiger partial charge on any atom is 0.153 e. The lowest BCUT2D eigenvalue weighted by atomic mass is 10.1. The van der Waals surface area contributed by atoms with Gasteiger partial charge in [0.2, 0.25) is 0 Å². The Bertz CT molecular complexity index is 283. The molecule has 2 fully saturated rings. The highest BCUT2D eigenvalue weighted by Crippen LogP contribution is 2.21. The van der Waals surface area contributed by atoms with Crippen molar-refractivity contribution in [2.75, 3.05) is 24.6 Å². The Labute approximate surface area is 79.0 Å². The summed E-state index contributed by atoms with van der Waals surface area (Å²) < 4.78 is 22.6. The fraction of sp³-hybridized carbons (Fsp3) is 1.00. The van der Waals surface area contributed by atoms with E-state index in [9.17, 15) is 8.42 Å². The lowest BCUT2D eigenvalue weighted by Crippen LogP contribution is -2.45. The lowest BCUT2D eigenvalue weighted by Gasteiger charge is -2.25. The monoisotopic (exact) mass is 204 g/mol. The SMILES string of the molecule is N[C@H]1CS(=O)(=O)C[C@@H]1N1CCCC1. The molecule has 76 valence electrons. The molecule has 0 aromatic heterocycles. The van der Waals surface area contributed by atoms with Crippen LogP contribution >= 0.6 is 0 Å². The van der Waals surface area contributed by atoms with Crippen LogP contribution in [0.2, 0.25) is 0 Å². The maximum atomic E-state index is 11.3. The Balaban J connectivity index is 2.08. The number of hydrogen-bond donors (Lipinski definition) is 1. The Kier molecular flexibility index (Phi) is 2.33. The fourth-order valence-corrected chi connectivity index (χ4v) is 4.23. The van der Waals surface area contributed by atoms with E-state index in [-0.39, 0.29) is 23.6 Å². The highest BCUT2D eigenvalue weighted by Gasteiger charge is 2.39. The second-order valence-electron chi connectivity index (χ2n) is 4.05. The van der Waals surface area contributed by atoms with Gasteiger partial charge in [0.05, 0.1) is 11.5 Å². The van der Waals surface area contributed by atoms with Crippen LogP contribution in [0.5, 0.6) is 0 Å². The van der Waals surface area contributed by atoms with E-state index < -0.39 is 9.84 Å². The molecule has 2 N–H and O–H groups in total. The zero-order valence-corrected chi connectivity index (χ0v) is 8.46. The van der Waals surface area contributed by atoms with Crippen LogP contribution in [0.4, 0.5) is 0 Å². The summed E-state index contributed by atoms with van der Waals surface area (Å²) in [5.74, 6) is 0.447. The number of likely N-dealkylation sites (tertiary alicyclic amines) is 1. The zero-order valence-electron chi connectivity index (χ0n) is 7.65. The molecule has 2 atom stereocenters. The lowest BCUT2D eigenvalue weighted by molar-refractivity contribution is 0.245. The Morgan fingerprint density at radius 2 is 1.77 bits per heavy atom. The fourth-order valence-electron chi connectivity index (χ4n) is 2.31. The van der Waals surface area contributed by atoms with Gasteiger partial charge in [0.25, 0.3) is 0 Å². The molecule has 0 aromatic rings. The van der Waals surface area contributed by atoms with Crippen LogP contribution in [0.3, 0.4) is 0 Å². The van der Waals surface area contributed by atoms with Crippen molar-refractivity contribution in [3.05, 3.63) is 0 Å². The van der Waals surface area contributed by atoms with Gasteiger partial charge < -0.3 is 5.73 Å². The first kappa shape index (κ1) is 9.43. The molecule has 2 rings (SSSR count). The van der Waals surface area contributed by atoms with Crippen LogP contribution in [0.15, 0.2) is 0 Å². The van der Waals surface area contributed by atoms with Crippen molar-refractivity contribution >= 4 is 9.84 Å². The third-order valence-corrected chi connectivity index (χ3v) is 4.72. The predicted molar refractivity (Wildman–Crippen MR) is 51.2 cm³/mol. The number of nitrogens with zero attached hydrogens (tertiary/aromatic N) is 1. The van der Waals surface area contributed by atoms with Gasteiger partial charge in [-0.2, -0.15) is 0 Å². The standard InChI is InChI=1S/C8H16N2O2S/c9-7-5-13(11,12)6-8(7)10-3-1-2-4-10/h7-8H,1-6,9H2/t7-,8-/m0/s1. The molecule has 0 aromatic carbocycles. The number of sulfone groups is 1. The van der Waals surface area contributed by atoms with Gasteiger partial charge in [0.15, 0.2) is 9.84 Å². The highest BCUT2D eigenvalue weighted by atomic mass is 32.2. The van der Waals surface area contributed by atoms with Gasteiger partial charge in [-0.25, -0.2) is 8.42 Å². The number of hydrogen-bond acceptors (Lipinski definition) is 4. The van der Waals surface area contributed by atoms with Gasteiger partial charge in [-0.1, -0.05) is 0 Å². The Hall–Kier alpha value is -0.130. The first-order chi connectivity index (χ1) is 6.08. The van der Waals surface area contributed by atoms with Gasteiger partial charge in [0.1, 0.15) is 0 Å². The summed E-state index contributed by atoms with van der Waals surface area (Å²) in [6, 6.07) is -0.0735. The van der Waals surface area contributed by atoms with Crippen LogP contribution in [0.1, 0.15) is 12.8 Å². The maximum absolute atomic E-state index is 11.3. The van der Waals surface area contributed by atoms with Crippen molar-refractivity contribution in [2.24, 2.45) is 5.73 Å². The van der Waals surface area contributed by atoms with Crippen molar-refractivity contribution in [1.82, 2.24) is 4.90 Å². The molecule has 2 aliphatic rings. The number of nitrogens with two attached hydrogens (primary N) is 1. The van der Waals surface area contributed by atoms with Crippen LogP contribution in [-0.2, 0) is 9.84 Å². The van der Waals surface area contributed by atoms with Crippen molar-refractivity contribution in [1.29, 1.82) is 0 Å². The Morgan fingerprint density at radius 3 is 2.23 bits per heavy atom. The quantitative estimate of drug-likeness (QED) is 0.608. The third-order valence-electron chi connectivity index (χ3n) is 2.97. The van der Waals surface area contributed by atoms with Crippen molar-refractivity contribution in [2.45, 2.75) is 24.9 Å². The molecule has 0 saturated carbocycles. The molecular weight excluding hydrogens is 188 g/mol. The summed E-state index contributed by atoms with van der Waals surface area (Å²) in [7, 11) is -2.85. The average Bonchev–Trinajstić information content (AvgIpc) is 2.56. The predicted octanol–water partition coefficient (Wildman–Crippen LogP) is -0.793. The minimum absolute atomic E-state index is 0.0903. The molecule has 5 heteroatoms. The van der Waals surface area contributed by atoms with E-state index in [0.29, 0.717) is 0 Å². The van der Waals surface area contributed by atoms with Gasteiger partial charge in [-0.05, 0) is 25.9 Å². The summed E-state index contributed by atoms with van der Waals surface area (Å²) in [6.45, 7) is 2.04. The minimum atomic E-state index is -2.85. The molecule has 0 radical (unpaired) electrons. The molecule has 13 heavy (non-hydrogen) atoms. The first-order valence-corrected chi connectivity index (χ1v) is 6.61. The van der Waals surface area contributed by atoms with E-state index in [2.05, 4.69) is 4.90 Å². The van der Waals surface area contributed by atoms with Crippen molar-refractivity contribution in [3.8, 4) is 0 Å². The molecule has 0 spiro atoms. The molecule has 0 unspecified atom stereocenters. The van der Waals surface area contributed by atoms with Crippen LogP contribution < -0.4 is 5.73 Å². The van der Waals surface area contributed by atoms with Gasteiger partial charge in [-0.15, -0.1) is 0 Å². The van der Waals surface area contributed by atoms with Gasteiger partial charge >= 0.3 is 0 Å². The van der Waals surface area contributed by atoms with E-state index in [1.54, 1.807) is 0 Å². The molecule has 2 aliphatic heterocycles. The topological polar surface area (TPSA) is 63.4 Å². The zero-order chi connectivity index (χ0) is 9.47. The highest BCUT2D eigenvalue weighted by molar-refractivity contribution is 7.91.